The Bertz CT molecular complexity index is 959. The van der Waals surface area contributed by atoms with E-state index in [4.69, 9.17) is 5.73 Å². The number of carbonyl (C=O) groups excluding carboxylic acids is 2. The second kappa shape index (κ2) is 5.38. The van der Waals surface area contributed by atoms with Gasteiger partial charge in [0.15, 0.2) is 0 Å². The largest absolute Gasteiger partial charge is 0.366 e. The van der Waals surface area contributed by atoms with Gasteiger partial charge in [-0.1, -0.05) is 30.3 Å². The van der Waals surface area contributed by atoms with E-state index in [1.165, 1.54) is 29.0 Å². The predicted octanol–water partition coefficient (Wildman–Crippen LogP) is 2.34. The van der Waals surface area contributed by atoms with Crippen LogP contribution in [-0.4, -0.2) is 21.3 Å². The van der Waals surface area contributed by atoms with Crippen LogP contribution in [-0.2, 0) is 0 Å². The Kier molecular flexibility index (Phi) is 3.38. The molecule has 2 aromatic carbocycles. The fourth-order valence-corrected chi connectivity index (χ4v) is 2.49. The molecule has 2 N–H and O–H groups in total. The molecular formula is C16H11N3O4. The maximum atomic E-state index is 12.7. The lowest BCUT2D eigenvalue weighted by molar-refractivity contribution is -0.385. The summed E-state index contributed by atoms with van der Waals surface area (Å²) in [6.45, 7) is 0. The number of nitro groups is 1. The van der Waals surface area contributed by atoms with Crippen LogP contribution < -0.4 is 5.73 Å². The summed E-state index contributed by atoms with van der Waals surface area (Å²) >= 11 is 0. The molecule has 0 fully saturated rings. The lowest BCUT2D eigenvalue weighted by Crippen LogP contribution is -2.14. The third-order valence-corrected chi connectivity index (χ3v) is 3.53. The van der Waals surface area contributed by atoms with Gasteiger partial charge in [0.2, 0.25) is 0 Å². The molecule has 7 nitrogen and oxygen atoms in total. The monoisotopic (exact) mass is 309 g/mol. The SMILES string of the molecule is NC(=O)c1cn(C(=O)c2ccccc2[N+](=O)[O-])c2ccccc12. The highest BCUT2D eigenvalue weighted by molar-refractivity contribution is 6.11. The first-order chi connectivity index (χ1) is 11.0. The topological polar surface area (TPSA) is 108 Å². The molecule has 0 bridgehead atoms. The van der Waals surface area contributed by atoms with Crippen molar-refractivity contribution in [2.24, 2.45) is 5.73 Å². The van der Waals surface area contributed by atoms with Gasteiger partial charge in [-0.3, -0.25) is 24.3 Å². The number of hydrogen-bond donors (Lipinski definition) is 1. The quantitative estimate of drug-likeness (QED) is 0.591. The van der Waals surface area contributed by atoms with Gasteiger partial charge < -0.3 is 5.73 Å². The Morgan fingerprint density at radius 2 is 1.65 bits per heavy atom. The number of para-hydroxylation sites is 2. The van der Waals surface area contributed by atoms with Crippen LogP contribution in [0.4, 0.5) is 5.69 Å². The van der Waals surface area contributed by atoms with Gasteiger partial charge in [-0.05, 0) is 12.1 Å². The van der Waals surface area contributed by atoms with E-state index in [-0.39, 0.29) is 16.8 Å². The molecule has 0 spiro atoms. The van der Waals surface area contributed by atoms with E-state index in [1.54, 1.807) is 30.3 Å². The van der Waals surface area contributed by atoms with Gasteiger partial charge in [-0.15, -0.1) is 0 Å². The molecule has 0 aliphatic rings. The molecule has 3 aromatic rings. The summed E-state index contributed by atoms with van der Waals surface area (Å²) in [6.07, 6.45) is 1.31. The van der Waals surface area contributed by atoms with Gasteiger partial charge in [-0.2, -0.15) is 0 Å². The zero-order valence-corrected chi connectivity index (χ0v) is 11.8. The van der Waals surface area contributed by atoms with Crippen LogP contribution in [0.25, 0.3) is 10.9 Å². The second-order valence-electron chi connectivity index (χ2n) is 4.87. The minimum atomic E-state index is -0.671. The van der Waals surface area contributed by atoms with E-state index < -0.39 is 16.7 Å². The highest BCUT2D eigenvalue weighted by Crippen LogP contribution is 2.25. The Balaban J connectivity index is 2.24. The molecule has 23 heavy (non-hydrogen) atoms. The van der Waals surface area contributed by atoms with Crippen LogP contribution in [0.15, 0.2) is 54.7 Å². The number of amides is 1. The Morgan fingerprint density at radius 1 is 1.00 bits per heavy atom. The van der Waals surface area contributed by atoms with E-state index >= 15 is 0 Å². The summed E-state index contributed by atoms with van der Waals surface area (Å²) in [4.78, 5) is 34.8. The Morgan fingerprint density at radius 3 is 2.35 bits per heavy atom. The van der Waals surface area contributed by atoms with Crippen molar-refractivity contribution in [1.29, 1.82) is 0 Å². The normalized spacial score (nSPS) is 10.6. The van der Waals surface area contributed by atoms with Gasteiger partial charge in [0.1, 0.15) is 5.56 Å². The first-order valence-electron chi connectivity index (χ1n) is 6.68. The van der Waals surface area contributed by atoms with Crippen molar-refractivity contribution in [3.8, 4) is 0 Å². The Hall–Kier alpha value is -3.48. The van der Waals surface area contributed by atoms with Gasteiger partial charge in [0.05, 0.1) is 16.0 Å². The molecule has 7 heteroatoms. The number of fused-ring (bicyclic) bond motifs is 1. The molecule has 1 amide bonds. The summed E-state index contributed by atoms with van der Waals surface area (Å²) in [5, 5.41) is 11.6. The van der Waals surface area contributed by atoms with Crippen molar-refractivity contribution in [2.75, 3.05) is 0 Å². The van der Waals surface area contributed by atoms with Crippen molar-refractivity contribution >= 4 is 28.4 Å². The van der Waals surface area contributed by atoms with Crippen molar-refractivity contribution in [1.82, 2.24) is 4.57 Å². The first kappa shape index (κ1) is 14.5. The molecule has 1 aromatic heterocycles. The maximum Gasteiger partial charge on any atom is 0.282 e. The number of nitro benzene ring substituents is 1. The highest BCUT2D eigenvalue weighted by atomic mass is 16.6. The summed E-state index contributed by atoms with van der Waals surface area (Å²) in [6, 6.07) is 12.4. The molecule has 0 radical (unpaired) electrons. The number of benzene rings is 2. The minimum Gasteiger partial charge on any atom is -0.366 e. The average molecular weight is 309 g/mol. The van der Waals surface area contributed by atoms with Crippen LogP contribution in [0.2, 0.25) is 0 Å². The van der Waals surface area contributed by atoms with Gasteiger partial charge in [-0.25, -0.2) is 0 Å². The zero-order chi connectivity index (χ0) is 16.6. The molecule has 0 saturated heterocycles. The first-order valence-corrected chi connectivity index (χ1v) is 6.68. The standard InChI is InChI=1S/C16H11N3O4/c17-15(20)12-9-18(13-7-3-1-5-10(12)13)16(21)11-6-2-4-8-14(11)19(22)23/h1-9H,(H2,17,20). The average Bonchev–Trinajstić information content (AvgIpc) is 2.94. The van der Waals surface area contributed by atoms with Crippen molar-refractivity contribution < 1.29 is 14.5 Å². The number of hydrogen-bond acceptors (Lipinski definition) is 4. The molecule has 0 aliphatic carbocycles. The predicted molar refractivity (Wildman–Crippen MR) is 83.3 cm³/mol. The van der Waals surface area contributed by atoms with Gasteiger partial charge >= 0.3 is 0 Å². The fraction of sp³-hybridized carbons (Fsp3) is 0. The van der Waals surface area contributed by atoms with E-state index in [0.29, 0.717) is 10.9 Å². The van der Waals surface area contributed by atoms with E-state index in [9.17, 15) is 19.7 Å². The third-order valence-electron chi connectivity index (χ3n) is 3.53. The highest BCUT2D eigenvalue weighted by Gasteiger charge is 2.23. The molecule has 1 heterocycles. The fourth-order valence-electron chi connectivity index (χ4n) is 2.49. The smallest absolute Gasteiger partial charge is 0.282 e. The zero-order valence-electron chi connectivity index (χ0n) is 11.8. The molecule has 0 saturated carbocycles. The van der Waals surface area contributed by atoms with Crippen LogP contribution in [0.3, 0.4) is 0 Å². The molecular weight excluding hydrogens is 298 g/mol. The van der Waals surface area contributed by atoms with Crippen molar-refractivity contribution in [3.05, 3.63) is 76.0 Å². The number of aromatic nitrogens is 1. The maximum absolute atomic E-state index is 12.7. The number of rotatable bonds is 3. The van der Waals surface area contributed by atoms with Crippen molar-refractivity contribution in [3.63, 3.8) is 0 Å². The summed E-state index contributed by atoms with van der Waals surface area (Å²) in [5.74, 6) is -1.27. The van der Waals surface area contributed by atoms with E-state index in [2.05, 4.69) is 0 Å². The van der Waals surface area contributed by atoms with Crippen molar-refractivity contribution in [2.45, 2.75) is 0 Å². The van der Waals surface area contributed by atoms with E-state index in [1.807, 2.05) is 0 Å². The number of primary amides is 1. The van der Waals surface area contributed by atoms with Crippen LogP contribution in [0, 0.1) is 10.1 Å². The number of carbonyl (C=O) groups is 2. The molecule has 0 aliphatic heterocycles. The number of nitrogens with zero attached hydrogens (tertiary/aromatic N) is 2. The summed E-state index contributed by atoms with van der Waals surface area (Å²) in [7, 11) is 0. The van der Waals surface area contributed by atoms with Crippen LogP contribution in [0.1, 0.15) is 20.7 Å². The number of nitrogens with two attached hydrogens (primary N) is 1. The lowest BCUT2D eigenvalue weighted by Gasteiger charge is -2.04. The van der Waals surface area contributed by atoms with E-state index in [0.717, 1.165) is 0 Å². The third kappa shape index (κ3) is 2.34. The molecule has 3 rings (SSSR count). The van der Waals surface area contributed by atoms with Crippen LogP contribution >= 0.6 is 0 Å². The van der Waals surface area contributed by atoms with Gasteiger partial charge in [0.25, 0.3) is 17.5 Å². The minimum absolute atomic E-state index is 0.0609. The molecule has 0 atom stereocenters. The van der Waals surface area contributed by atoms with Crippen LogP contribution in [0.5, 0.6) is 0 Å². The molecule has 114 valence electrons. The molecule has 0 unspecified atom stereocenters. The second-order valence-corrected chi connectivity index (χ2v) is 4.87. The van der Waals surface area contributed by atoms with Gasteiger partial charge in [0, 0.05) is 17.6 Å². The summed E-state index contributed by atoms with van der Waals surface area (Å²) < 4.78 is 1.21. The Labute approximate surface area is 130 Å². The lowest BCUT2D eigenvalue weighted by atomic mass is 10.1. The summed E-state index contributed by atoms with van der Waals surface area (Å²) in [5.41, 5.74) is 5.63.